The minimum absolute atomic E-state index is 0.205. The summed E-state index contributed by atoms with van der Waals surface area (Å²) in [4.78, 5) is 17.6. The Hall–Kier alpha value is -3.10. The summed E-state index contributed by atoms with van der Waals surface area (Å²) in [6, 6.07) is 8.90. The van der Waals surface area contributed by atoms with E-state index in [-0.39, 0.29) is 5.91 Å². The first-order chi connectivity index (χ1) is 11.6. The summed E-state index contributed by atoms with van der Waals surface area (Å²) < 4.78 is 4.99. The van der Waals surface area contributed by atoms with Gasteiger partial charge in [-0.2, -0.15) is 9.78 Å². The van der Waals surface area contributed by atoms with Crippen LogP contribution >= 0.6 is 0 Å². The molecule has 3 rings (SSSR count). The summed E-state index contributed by atoms with van der Waals surface area (Å²) in [5, 5.41) is 18.7. The molecule has 0 bridgehead atoms. The van der Waals surface area contributed by atoms with Gasteiger partial charge >= 0.3 is 0 Å². The Balaban J connectivity index is 1.56. The molecule has 124 valence electrons. The highest BCUT2D eigenvalue weighted by molar-refractivity contribution is 5.79. The van der Waals surface area contributed by atoms with Gasteiger partial charge in [-0.05, 0) is 19.1 Å². The lowest BCUT2D eigenvalue weighted by atomic mass is 10.2. The van der Waals surface area contributed by atoms with Crippen molar-refractivity contribution in [3.05, 3.63) is 42.0 Å². The number of nitrogens with zero attached hydrogens (tertiary/aromatic N) is 6. The Labute approximate surface area is 138 Å². The average molecular weight is 327 g/mol. The second-order valence-electron chi connectivity index (χ2n) is 5.25. The molecule has 2 aromatic heterocycles. The second-order valence-corrected chi connectivity index (χ2v) is 5.25. The first kappa shape index (κ1) is 15.8. The van der Waals surface area contributed by atoms with E-state index in [1.807, 2.05) is 30.3 Å². The van der Waals surface area contributed by atoms with Gasteiger partial charge in [-0.25, -0.2) is 0 Å². The molecule has 9 nitrogen and oxygen atoms in total. The van der Waals surface area contributed by atoms with E-state index in [2.05, 4.69) is 30.9 Å². The monoisotopic (exact) mass is 327 g/mol. The lowest BCUT2D eigenvalue weighted by molar-refractivity contribution is -0.124. The Morgan fingerprint density at radius 3 is 2.83 bits per heavy atom. The highest BCUT2D eigenvalue weighted by atomic mass is 16.5. The Morgan fingerprint density at radius 1 is 1.33 bits per heavy atom. The van der Waals surface area contributed by atoms with Gasteiger partial charge < -0.3 is 9.84 Å². The second kappa shape index (κ2) is 6.99. The van der Waals surface area contributed by atoms with E-state index in [4.69, 9.17) is 4.52 Å². The zero-order valence-corrected chi connectivity index (χ0v) is 13.4. The fourth-order valence-electron chi connectivity index (χ4n) is 2.08. The van der Waals surface area contributed by atoms with Crippen LogP contribution in [-0.2, 0) is 11.2 Å². The predicted octanol–water partition coefficient (Wildman–Crippen LogP) is 0.951. The maximum atomic E-state index is 12.2. The molecule has 2 heterocycles. The number of carbonyl (C=O) groups excluding carboxylic acids is 1. The van der Waals surface area contributed by atoms with Crippen LogP contribution in [0.4, 0.5) is 0 Å². The Morgan fingerprint density at radius 2 is 2.12 bits per heavy atom. The smallest absolute Gasteiger partial charge is 0.246 e. The molecular weight excluding hydrogens is 310 g/mol. The summed E-state index contributed by atoms with van der Waals surface area (Å²) in [7, 11) is 0. The van der Waals surface area contributed by atoms with Gasteiger partial charge in [-0.15, -0.1) is 10.2 Å². The quantitative estimate of drug-likeness (QED) is 0.717. The molecule has 0 saturated heterocycles. The summed E-state index contributed by atoms with van der Waals surface area (Å²) >= 11 is 0. The predicted molar refractivity (Wildman–Crippen MR) is 83.7 cm³/mol. The van der Waals surface area contributed by atoms with Crippen LogP contribution < -0.4 is 5.32 Å². The zero-order chi connectivity index (χ0) is 16.9. The maximum absolute atomic E-state index is 12.2. The van der Waals surface area contributed by atoms with E-state index in [0.717, 1.165) is 5.56 Å². The van der Waals surface area contributed by atoms with E-state index in [9.17, 15) is 4.79 Å². The van der Waals surface area contributed by atoms with Crippen LogP contribution in [0.15, 0.2) is 34.9 Å². The molecule has 1 aromatic carbocycles. The molecular formula is C15H17N7O2. The number of hydrogen-bond donors (Lipinski definition) is 1. The van der Waals surface area contributed by atoms with Gasteiger partial charge in [0.15, 0.2) is 5.82 Å². The van der Waals surface area contributed by atoms with Crippen LogP contribution in [0, 0.1) is 6.92 Å². The van der Waals surface area contributed by atoms with Crippen molar-refractivity contribution in [2.75, 3.05) is 6.54 Å². The van der Waals surface area contributed by atoms with E-state index >= 15 is 0 Å². The van der Waals surface area contributed by atoms with Crippen LogP contribution in [0.5, 0.6) is 0 Å². The highest BCUT2D eigenvalue weighted by Gasteiger charge is 2.18. The van der Waals surface area contributed by atoms with Gasteiger partial charge in [0.2, 0.25) is 17.6 Å². The minimum atomic E-state index is -0.570. The van der Waals surface area contributed by atoms with Crippen molar-refractivity contribution in [2.45, 2.75) is 26.3 Å². The lowest BCUT2D eigenvalue weighted by Crippen LogP contribution is -2.33. The van der Waals surface area contributed by atoms with Gasteiger partial charge in [-0.1, -0.05) is 35.5 Å². The summed E-state index contributed by atoms with van der Waals surface area (Å²) in [6.07, 6.45) is 0.472. The number of carbonyl (C=O) groups is 1. The van der Waals surface area contributed by atoms with Crippen molar-refractivity contribution in [1.82, 2.24) is 35.7 Å². The van der Waals surface area contributed by atoms with Crippen molar-refractivity contribution in [3.8, 4) is 11.4 Å². The van der Waals surface area contributed by atoms with Gasteiger partial charge in [0.1, 0.15) is 6.04 Å². The topological polar surface area (TPSA) is 112 Å². The third-order valence-corrected chi connectivity index (χ3v) is 3.39. The van der Waals surface area contributed by atoms with Crippen LogP contribution in [0.1, 0.15) is 24.7 Å². The molecule has 1 unspecified atom stereocenters. The van der Waals surface area contributed by atoms with Crippen LogP contribution in [0.3, 0.4) is 0 Å². The van der Waals surface area contributed by atoms with E-state index in [1.54, 1.807) is 13.8 Å². The normalized spacial score (nSPS) is 12.1. The summed E-state index contributed by atoms with van der Waals surface area (Å²) in [5.74, 6) is 1.34. The number of hydrogen-bond acceptors (Lipinski definition) is 7. The largest absolute Gasteiger partial charge is 0.354 e. The number of tetrazole rings is 1. The third kappa shape index (κ3) is 3.62. The fourth-order valence-corrected chi connectivity index (χ4v) is 2.08. The Kier molecular flexibility index (Phi) is 4.59. The zero-order valence-electron chi connectivity index (χ0n) is 13.4. The highest BCUT2D eigenvalue weighted by Crippen LogP contribution is 2.13. The molecule has 0 saturated carbocycles. The molecule has 1 amide bonds. The molecule has 0 radical (unpaired) electrons. The Bertz CT molecular complexity index is 812. The number of rotatable bonds is 6. The lowest BCUT2D eigenvalue weighted by Gasteiger charge is -2.09. The molecule has 1 N–H and O–H groups in total. The number of nitrogens with one attached hydrogen (secondary N) is 1. The molecule has 0 aliphatic rings. The first-order valence-electron chi connectivity index (χ1n) is 7.55. The SMILES string of the molecule is Cc1noc(CCNC(=O)C(C)n2nnc(-c3ccccc3)n2)n1. The van der Waals surface area contributed by atoms with E-state index in [1.165, 1.54) is 4.80 Å². The molecule has 24 heavy (non-hydrogen) atoms. The summed E-state index contributed by atoms with van der Waals surface area (Å²) in [5.41, 5.74) is 0.850. The number of aryl methyl sites for hydroxylation is 1. The standard InChI is InChI=1S/C15H17N7O2/c1-10(15(23)16-9-8-13-17-11(2)20-24-13)22-19-14(18-21-22)12-6-4-3-5-7-12/h3-7,10H,8-9H2,1-2H3,(H,16,23). The van der Waals surface area contributed by atoms with Crippen LogP contribution in [-0.4, -0.2) is 42.8 Å². The van der Waals surface area contributed by atoms with E-state index < -0.39 is 6.04 Å². The van der Waals surface area contributed by atoms with Crippen molar-refractivity contribution in [1.29, 1.82) is 0 Å². The first-order valence-corrected chi connectivity index (χ1v) is 7.55. The summed E-state index contributed by atoms with van der Waals surface area (Å²) in [6.45, 7) is 3.85. The molecule has 0 spiro atoms. The van der Waals surface area contributed by atoms with Crippen molar-refractivity contribution in [3.63, 3.8) is 0 Å². The van der Waals surface area contributed by atoms with Crippen molar-refractivity contribution < 1.29 is 9.32 Å². The molecule has 1 atom stereocenters. The van der Waals surface area contributed by atoms with Crippen molar-refractivity contribution in [2.24, 2.45) is 0 Å². The number of aromatic nitrogens is 6. The minimum Gasteiger partial charge on any atom is -0.354 e. The molecule has 3 aromatic rings. The molecule has 0 aliphatic carbocycles. The molecule has 0 aliphatic heterocycles. The molecule has 0 fully saturated rings. The maximum Gasteiger partial charge on any atom is 0.246 e. The van der Waals surface area contributed by atoms with Crippen LogP contribution in [0.2, 0.25) is 0 Å². The number of benzene rings is 1. The average Bonchev–Trinajstić information content (AvgIpc) is 3.24. The van der Waals surface area contributed by atoms with Gasteiger partial charge in [0.05, 0.1) is 0 Å². The van der Waals surface area contributed by atoms with E-state index in [0.29, 0.717) is 30.5 Å². The third-order valence-electron chi connectivity index (χ3n) is 3.39. The van der Waals surface area contributed by atoms with Gasteiger partial charge in [0.25, 0.3) is 0 Å². The van der Waals surface area contributed by atoms with Crippen LogP contribution in [0.25, 0.3) is 11.4 Å². The fraction of sp³-hybridized carbons (Fsp3) is 0.333. The van der Waals surface area contributed by atoms with Gasteiger partial charge in [-0.3, -0.25) is 4.79 Å². The number of amides is 1. The molecule has 9 heteroatoms. The van der Waals surface area contributed by atoms with Gasteiger partial charge in [0, 0.05) is 18.5 Å². The van der Waals surface area contributed by atoms with Crippen molar-refractivity contribution >= 4 is 5.91 Å².